The van der Waals surface area contributed by atoms with Gasteiger partial charge in [0.2, 0.25) is 0 Å². The fourth-order valence-corrected chi connectivity index (χ4v) is 2.81. The van der Waals surface area contributed by atoms with Crippen LogP contribution in [0.2, 0.25) is 0 Å². The van der Waals surface area contributed by atoms with E-state index in [2.05, 4.69) is 21.2 Å². The molecule has 1 aromatic rings. The molecule has 94 valence electrons. The molecule has 0 amide bonds. The van der Waals surface area contributed by atoms with Gasteiger partial charge in [0, 0.05) is 12.1 Å². The van der Waals surface area contributed by atoms with Gasteiger partial charge in [0.15, 0.2) is 0 Å². The first-order valence-corrected chi connectivity index (χ1v) is 6.74. The highest BCUT2D eigenvalue weighted by Gasteiger charge is 2.32. The molecule has 2 rings (SSSR count). The fraction of sp³-hybridized carbons (Fsp3) is 0.538. The Hall–Kier alpha value is -0.450. The van der Waals surface area contributed by atoms with E-state index in [1.165, 1.54) is 18.9 Å². The molecule has 0 spiro atoms. The van der Waals surface area contributed by atoms with E-state index in [1.807, 2.05) is 0 Å². The first-order valence-electron chi connectivity index (χ1n) is 5.95. The van der Waals surface area contributed by atoms with Gasteiger partial charge in [-0.1, -0.05) is 18.9 Å². The highest BCUT2D eigenvalue weighted by molar-refractivity contribution is 9.10. The second-order valence-electron chi connectivity index (χ2n) is 4.75. The maximum atomic E-state index is 13.1. The molecule has 0 bridgehead atoms. The third kappa shape index (κ3) is 3.06. The summed E-state index contributed by atoms with van der Waals surface area (Å²) in [5.74, 6) is -0.244. The Labute approximate surface area is 109 Å². The first-order chi connectivity index (χ1) is 8.15. The van der Waals surface area contributed by atoms with Crippen LogP contribution in [0.3, 0.4) is 0 Å². The summed E-state index contributed by atoms with van der Waals surface area (Å²) in [4.78, 5) is 0. The van der Waals surface area contributed by atoms with Crippen molar-refractivity contribution in [3.8, 4) is 0 Å². The largest absolute Gasteiger partial charge is 0.394 e. The van der Waals surface area contributed by atoms with E-state index in [4.69, 9.17) is 0 Å². The van der Waals surface area contributed by atoms with Crippen LogP contribution in [0.4, 0.5) is 4.39 Å². The van der Waals surface area contributed by atoms with Crippen LogP contribution < -0.4 is 5.32 Å². The van der Waals surface area contributed by atoms with Crippen molar-refractivity contribution in [1.29, 1.82) is 0 Å². The number of nitrogens with one attached hydrogen (secondary N) is 1. The molecule has 2 N–H and O–H groups in total. The summed E-state index contributed by atoms with van der Waals surface area (Å²) in [5, 5.41) is 12.9. The van der Waals surface area contributed by atoms with Crippen LogP contribution in [-0.4, -0.2) is 17.3 Å². The molecule has 0 saturated heterocycles. The zero-order chi connectivity index (χ0) is 12.3. The lowest BCUT2D eigenvalue weighted by Crippen LogP contribution is -2.45. The predicted molar refractivity (Wildman–Crippen MR) is 69.2 cm³/mol. The Balaban J connectivity index is 1.99. The molecule has 0 aromatic heterocycles. The summed E-state index contributed by atoms with van der Waals surface area (Å²) in [7, 11) is 0. The van der Waals surface area contributed by atoms with Crippen molar-refractivity contribution in [1.82, 2.24) is 5.32 Å². The highest BCUT2D eigenvalue weighted by Crippen LogP contribution is 2.29. The molecule has 2 nitrogen and oxygen atoms in total. The molecule has 1 saturated carbocycles. The number of aliphatic hydroxyl groups is 1. The minimum absolute atomic E-state index is 0.124. The standard InChI is InChI=1S/C13H17BrFNO/c14-11-7-10(3-4-12(11)15)8-16-13(9-17)5-1-2-6-13/h3-4,7,16-17H,1-2,5-6,8-9H2. The van der Waals surface area contributed by atoms with Gasteiger partial charge in [-0.2, -0.15) is 0 Å². The molecule has 17 heavy (non-hydrogen) atoms. The molecule has 1 aromatic carbocycles. The Morgan fingerprint density at radius 2 is 2.06 bits per heavy atom. The van der Waals surface area contributed by atoms with E-state index in [0.29, 0.717) is 11.0 Å². The average molecular weight is 302 g/mol. The smallest absolute Gasteiger partial charge is 0.137 e. The van der Waals surface area contributed by atoms with Gasteiger partial charge in [0.25, 0.3) is 0 Å². The predicted octanol–water partition coefficient (Wildman–Crippen LogP) is 2.98. The number of hydrogen-bond acceptors (Lipinski definition) is 2. The average Bonchev–Trinajstić information content (AvgIpc) is 2.80. The zero-order valence-electron chi connectivity index (χ0n) is 9.68. The highest BCUT2D eigenvalue weighted by atomic mass is 79.9. The van der Waals surface area contributed by atoms with E-state index in [0.717, 1.165) is 18.4 Å². The van der Waals surface area contributed by atoms with E-state index in [-0.39, 0.29) is 18.0 Å². The molecule has 1 fully saturated rings. The monoisotopic (exact) mass is 301 g/mol. The van der Waals surface area contributed by atoms with Gasteiger partial charge in [-0.3, -0.25) is 0 Å². The van der Waals surface area contributed by atoms with Gasteiger partial charge in [-0.25, -0.2) is 4.39 Å². The van der Waals surface area contributed by atoms with Gasteiger partial charge >= 0.3 is 0 Å². The Morgan fingerprint density at radius 1 is 1.35 bits per heavy atom. The van der Waals surface area contributed by atoms with E-state index < -0.39 is 0 Å². The molecule has 0 unspecified atom stereocenters. The Kier molecular flexibility index (Phi) is 4.17. The first kappa shape index (κ1) is 13.0. The Morgan fingerprint density at radius 3 is 2.65 bits per heavy atom. The number of rotatable bonds is 4. The summed E-state index contributed by atoms with van der Waals surface area (Å²) in [5.41, 5.74) is 0.902. The van der Waals surface area contributed by atoms with Crippen LogP contribution in [0.15, 0.2) is 22.7 Å². The third-order valence-corrected chi connectivity index (χ3v) is 4.12. The minimum atomic E-state index is -0.244. The van der Waals surface area contributed by atoms with Gasteiger partial charge < -0.3 is 10.4 Å². The molecule has 1 aliphatic carbocycles. The van der Waals surface area contributed by atoms with Gasteiger partial charge in [-0.15, -0.1) is 0 Å². The number of halogens is 2. The second-order valence-corrected chi connectivity index (χ2v) is 5.60. The van der Waals surface area contributed by atoms with Crippen LogP contribution in [0.1, 0.15) is 31.2 Å². The van der Waals surface area contributed by atoms with Crippen molar-refractivity contribution < 1.29 is 9.50 Å². The van der Waals surface area contributed by atoms with Crippen LogP contribution >= 0.6 is 15.9 Å². The van der Waals surface area contributed by atoms with Gasteiger partial charge in [0.1, 0.15) is 5.82 Å². The van der Waals surface area contributed by atoms with Crippen LogP contribution in [0.5, 0.6) is 0 Å². The van der Waals surface area contributed by atoms with Crippen molar-refractivity contribution in [3.63, 3.8) is 0 Å². The van der Waals surface area contributed by atoms with Crippen molar-refractivity contribution in [2.24, 2.45) is 0 Å². The summed E-state index contributed by atoms with van der Waals surface area (Å²) in [6, 6.07) is 5.01. The summed E-state index contributed by atoms with van der Waals surface area (Å²) in [6.07, 6.45) is 4.37. The summed E-state index contributed by atoms with van der Waals surface area (Å²) >= 11 is 3.18. The van der Waals surface area contributed by atoms with E-state index in [1.54, 1.807) is 12.1 Å². The molecule has 0 radical (unpaired) electrons. The van der Waals surface area contributed by atoms with Crippen LogP contribution in [0, 0.1) is 5.82 Å². The lowest BCUT2D eigenvalue weighted by atomic mass is 9.98. The van der Waals surface area contributed by atoms with Crippen LogP contribution in [0.25, 0.3) is 0 Å². The van der Waals surface area contributed by atoms with Gasteiger partial charge in [-0.05, 0) is 46.5 Å². The maximum Gasteiger partial charge on any atom is 0.137 e. The van der Waals surface area contributed by atoms with Crippen molar-refractivity contribution in [2.75, 3.05) is 6.61 Å². The molecule has 0 atom stereocenters. The molecule has 0 heterocycles. The molecule has 1 aliphatic rings. The lowest BCUT2D eigenvalue weighted by Gasteiger charge is -2.28. The van der Waals surface area contributed by atoms with Gasteiger partial charge in [0.05, 0.1) is 11.1 Å². The second kappa shape index (κ2) is 5.46. The molecular formula is C13H17BrFNO. The topological polar surface area (TPSA) is 32.3 Å². The molecule has 0 aliphatic heterocycles. The Bertz CT molecular complexity index is 391. The summed E-state index contributed by atoms with van der Waals surface area (Å²) in [6.45, 7) is 0.842. The number of benzene rings is 1. The number of aliphatic hydroxyl groups excluding tert-OH is 1. The maximum absolute atomic E-state index is 13.1. The quantitative estimate of drug-likeness (QED) is 0.896. The van der Waals surface area contributed by atoms with Crippen molar-refractivity contribution in [2.45, 2.75) is 37.8 Å². The lowest BCUT2D eigenvalue weighted by molar-refractivity contribution is 0.163. The van der Waals surface area contributed by atoms with Crippen molar-refractivity contribution in [3.05, 3.63) is 34.1 Å². The summed E-state index contributed by atoms with van der Waals surface area (Å²) < 4.78 is 13.6. The van der Waals surface area contributed by atoms with Crippen molar-refractivity contribution >= 4 is 15.9 Å². The van der Waals surface area contributed by atoms with E-state index >= 15 is 0 Å². The molecular weight excluding hydrogens is 285 g/mol. The third-order valence-electron chi connectivity index (χ3n) is 3.51. The normalized spacial score (nSPS) is 18.5. The fourth-order valence-electron chi connectivity index (χ4n) is 2.38. The van der Waals surface area contributed by atoms with Crippen LogP contribution in [-0.2, 0) is 6.54 Å². The zero-order valence-corrected chi connectivity index (χ0v) is 11.3. The SMILES string of the molecule is OCC1(NCc2ccc(F)c(Br)c2)CCCC1. The van der Waals surface area contributed by atoms with E-state index in [9.17, 15) is 9.50 Å². The minimum Gasteiger partial charge on any atom is -0.394 e. The number of hydrogen-bond donors (Lipinski definition) is 2. The molecule has 4 heteroatoms.